The van der Waals surface area contributed by atoms with Crippen molar-refractivity contribution in [1.82, 2.24) is 9.71 Å². The van der Waals surface area contributed by atoms with Crippen LogP contribution < -0.4 is 14.8 Å². The molecule has 4 rings (SSSR count). The van der Waals surface area contributed by atoms with Crippen LogP contribution in [0.25, 0.3) is 10.9 Å². The van der Waals surface area contributed by atoms with E-state index < -0.39 is 10.0 Å². The standard InChI is InChI=1S/C22H21N3O5S/c1-2-29-17-9-8-15-11-21(25-20(15)13-17)22(26)24-16-5-3-7-19(12-16)31(27,28)23-14-18-6-4-10-30-18/h3-13,23,25H,2,14H2,1H3,(H,24,26). The zero-order valence-electron chi connectivity index (χ0n) is 16.7. The van der Waals surface area contributed by atoms with Gasteiger partial charge in [0.1, 0.15) is 17.2 Å². The largest absolute Gasteiger partial charge is 0.494 e. The van der Waals surface area contributed by atoms with Crippen molar-refractivity contribution < 1.29 is 22.4 Å². The van der Waals surface area contributed by atoms with Crippen LogP contribution in [-0.4, -0.2) is 25.9 Å². The maximum absolute atomic E-state index is 12.7. The van der Waals surface area contributed by atoms with Crippen LogP contribution in [0, 0.1) is 0 Å². The fraction of sp³-hybridized carbons (Fsp3) is 0.136. The summed E-state index contributed by atoms with van der Waals surface area (Å²) >= 11 is 0. The van der Waals surface area contributed by atoms with Gasteiger partial charge in [0.2, 0.25) is 10.0 Å². The van der Waals surface area contributed by atoms with Crippen LogP contribution >= 0.6 is 0 Å². The summed E-state index contributed by atoms with van der Waals surface area (Å²) in [6.07, 6.45) is 1.47. The van der Waals surface area contributed by atoms with E-state index >= 15 is 0 Å². The van der Waals surface area contributed by atoms with Crippen molar-refractivity contribution in [3.05, 3.63) is 78.4 Å². The highest BCUT2D eigenvalue weighted by atomic mass is 32.2. The summed E-state index contributed by atoms with van der Waals surface area (Å²) in [5.41, 5.74) is 1.49. The van der Waals surface area contributed by atoms with Gasteiger partial charge < -0.3 is 19.5 Å². The highest BCUT2D eigenvalue weighted by Crippen LogP contribution is 2.23. The number of H-pyrrole nitrogens is 1. The highest BCUT2D eigenvalue weighted by Gasteiger charge is 2.16. The van der Waals surface area contributed by atoms with E-state index in [1.165, 1.54) is 18.4 Å². The molecule has 1 amide bonds. The van der Waals surface area contributed by atoms with Gasteiger partial charge in [-0.3, -0.25) is 4.79 Å². The first-order chi connectivity index (χ1) is 14.9. The molecule has 9 heteroatoms. The summed E-state index contributed by atoms with van der Waals surface area (Å²) in [5.74, 6) is 0.829. The van der Waals surface area contributed by atoms with Gasteiger partial charge in [-0.05, 0) is 55.5 Å². The number of fused-ring (bicyclic) bond motifs is 1. The van der Waals surface area contributed by atoms with Crippen molar-refractivity contribution in [3.8, 4) is 5.75 Å². The minimum atomic E-state index is -3.77. The fourth-order valence-electron chi connectivity index (χ4n) is 3.09. The summed E-state index contributed by atoms with van der Waals surface area (Å²) in [7, 11) is -3.77. The lowest BCUT2D eigenvalue weighted by Crippen LogP contribution is -2.23. The van der Waals surface area contributed by atoms with Gasteiger partial charge in [-0.2, -0.15) is 0 Å². The Kier molecular flexibility index (Phi) is 5.79. The molecule has 0 spiro atoms. The van der Waals surface area contributed by atoms with Gasteiger partial charge in [-0.1, -0.05) is 6.07 Å². The molecule has 8 nitrogen and oxygen atoms in total. The predicted molar refractivity (Wildman–Crippen MR) is 117 cm³/mol. The van der Waals surface area contributed by atoms with E-state index in [4.69, 9.17) is 9.15 Å². The second-order valence-electron chi connectivity index (χ2n) is 6.75. The Balaban J connectivity index is 1.49. The number of benzene rings is 2. The number of amides is 1. The molecule has 0 bridgehead atoms. The van der Waals surface area contributed by atoms with Gasteiger partial charge in [0.15, 0.2) is 0 Å². The molecule has 0 radical (unpaired) electrons. The van der Waals surface area contributed by atoms with E-state index in [0.29, 0.717) is 29.5 Å². The maximum atomic E-state index is 12.7. The minimum absolute atomic E-state index is 0.0325. The van der Waals surface area contributed by atoms with E-state index in [-0.39, 0.29) is 17.3 Å². The monoisotopic (exact) mass is 439 g/mol. The fourth-order valence-corrected chi connectivity index (χ4v) is 4.13. The Morgan fingerprint density at radius 1 is 1.10 bits per heavy atom. The third kappa shape index (κ3) is 4.79. The Hall–Kier alpha value is -3.56. The zero-order valence-corrected chi connectivity index (χ0v) is 17.5. The summed E-state index contributed by atoms with van der Waals surface area (Å²) in [6, 6.07) is 16.7. The third-order valence-corrected chi connectivity index (χ3v) is 5.97. The van der Waals surface area contributed by atoms with E-state index in [1.54, 1.807) is 30.3 Å². The molecule has 0 aliphatic rings. The molecule has 0 fully saturated rings. The molecule has 0 atom stereocenters. The van der Waals surface area contributed by atoms with Gasteiger partial charge >= 0.3 is 0 Å². The number of hydrogen-bond donors (Lipinski definition) is 3. The van der Waals surface area contributed by atoms with Crippen LogP contribution in [0.15, 0.2) is 76.2 Å². The molecule has 0 saturated carbocycles. The lowest BCUT2D eigenvalue weighted by atomic mass is 10.2. The number of nitrogens with one attached hydrogen (secondary N) is 3. The zero-order chi connectivity index (χ0) is 21.8. The molecular formula is C22H21N3O5S. The van der Waals surface area contributed by atoms with Gasteiger partial charge in [-0.15, -0.1) is 0 Å². The second-order valence-corrected chi connectivity index (χ2v) is 8.52. The molecule has 2 heterocycles. The Morgan fingerprint density at radius 3 is 2.74 bits per heavy atom. The molecule has 0 aliphatic carbocycles. The van der Waals surface area contributed by atoms with Crippen LogP contribution in [0.1, 0.15) is 23.2 Å². The van der Waals surface area contributed by atoms with Gasteiger partial charge in [0.25, 0.3) is 5.91 Å². The first-order valence-electron chi connectivity index (χ1n) is 9.63. The molecule has 0 aliphatic heterocycles. The lowest BCUT2D eigenvalue weighted by Gasteiger charge is -2.08. The first kappa shape index (κ1) is 20.7. The normalized spacial score (nSPS) is 11.5. The Morgan fingerprint density at radius 2 is 1.97 bits per heavy atom. The predicted octanol–water partition coefficient (Wildman–Crippen LogP) is 3.89. The van der Waals surface area contributed by atoms with E-state index in [1.807, 2.05) is 25.1 Å². The summed E-state index contributed by atoms with van der Waals surface area (Å²) < 4.78 is 38.2. The molecule has 0 saturated heterocycles. The summed E-state index contributed by atoms with van der Waals surface area (Å²) in [6.45, 7) is 2.48. The first-order valence-corrected chi connectivity index (χ1v) is 11.1. The number of aromatic amines is 1. The average Bonchev–Trinajstić information content (AvgIpc) is 3.42. The van der Waals surface area contributed by atoms with Gasteiger partial charge in [0.05, 0.1) is 24.3 Å². The van der Waals surface area contributed by atoms with Crippen molar-refractivity contribution in [1.29, 1.82) is 0 Å². The highest BCUT2D eigenvalue weighted by molar-refractivity contribution is 7.89. The SMILES string of the molecule is CCOc1ccc2cc(C(=O)Nc3cccc(S(=O)(=O)NCc4ccco4)c3)[nH]c2c1. The number of carbonyl (C=O) groups is 1. The van der Waals surface area contributed by atoms with Crippen LogP contribution in [0.3, 0.4) is 0 Å². The van der Waals surface area contributed by atoms with Gasteiger partial charge in [0, 0.05) is 22.7 Å². The Labute approximate surface area is 179 Å². The van der Waals surface area contributed by atoms with Crippen molar-refractivity contribution in [2.75, 3.05) is 11.9 Å². The molecule has 3 N–H and O–H groups in total. The van der Waals surface area contributed by atoms with Crippen LogP contribution in [0.2, 0.25) is 0 Å². The minimum Gasteiger partial charge on any atom is -0.494 e. The molecule has 2 aromatic carbocycles. The smallest absolute Gasteiger partial charge is 0.272 e. The van der Waals surface area contributed by atoms with Crippen molar-refractivity contribution >= 4 is 32.5 Å². The number of carbonyl (C=O) groups excluding carboxylic acids is 1. The number of furan rings is 1. The van der Waals surface area contributed by atoms with Crippen molar-refractivity contribution in [2.45, 2.75) is 18.4 Å². The van der Waals surface area contributed by atoms with E-state index in [9.17, 15) is 13.2 Å². The number of hydrogen-bond acceptors (Lipinski definition) is 5. The molecule has 31 heavy (non-hydrogen) atoms. The maximum Gasteiger partial charge on any atom is 0.272 e. The lowest BCUT2D eigenvalue weighted by molar-refractivity contribution is 0.102. The van der Waals surface area contributed by atoms with Crippen molar-refractivity contribution in [2.24, 2.45) is 0 Å². The van der Waals surface area contributed by atoms with Crippen molar-refractivity contribution in [3.63, 3.8) is 0 Å². The number of sulfonamides is 1. The topological polar surface area (TPSA) is 113 Å². The molecule has 160 valence electrons. The molecule has 0 unspecified atom stereocenters. The van der Waals surface area contributed by atoms with E-state index in [0.717, 1.165) is 10.9 Å². The average molecular weight is 439 g/mol. The number of rotatable bonds is 8. The van der Waals surface area contributed by atoms with Gasteiger partial charge in [-0.25, -0.2) is 13.1 Å². The molecule has 4 aromatic rings. The molecule has 2 aromatic heterocycles. The quantitative estimate of drug-likeness (QED) is 0.385. The van der Waals surface area contributed by atoms with Crippen LogP contribution in [-0.2, 0) is 16.6 Å². The number of ether oxygens (including phenoxy) is 1. The number of anilines is 1. The second kappa shape index (κ2) is 8.66. The summed E-state index contributed by atoms with van der Waals surface area (Å²) in [5, 5.41) is 3.60. The third-order valence-electron chi connectivity index (χ3n) is 4.57. The van der Waals surface area contributed by atoms with Crippen LogP contribution in [0.5, 0.6) is 5.75 Å². The molecular weight excluding hydrogens is 418 g/mol. The Bertz CT molecular complexity index is 1310. The summed E-state index contributed by atoms with van der Waals surface area (Å²) in [4.78, 5) is 15.8. The van der Waals surface area contributed by atoms with E-state index in [2.05, 4.69) is 15.0 Å². The number of aromatic nitrogens is 1. The van der Waals surface area contributed by atoms with Crippen LogP contribution in [0.4, 0.5) is 5.69 Å².